The molecule has 0 saturated heterocycles. The maximum Gasteiger partial charge on any atom is 0.243 e. The normalized spacial score (nSPS) is 11.4. The Hall–Kier alpha value is -2.38. The number of nitrogens with zero attached hydrogens (tertiary/aromatic N) is 1. The van der Waals surface area contributed by atoms with Gasteiger partial charge in [0.15, 0.2) is 0 Å². The van der Waals surface area contributed by atoms with Gasteiger partial charge in [-0.05, 0) is 42.7 Å². The third kappa shape index (κ3) is 6.58. The van der Waals surface area contributed by atoms with Gasteiger partial charge in [-0.15, -0.1) is 0 Å². The van der Waals surface area contributed by atoms with Crippen LogP contribution in [0.3, 0.4) is 0 Å². The molecule has 0 bridgehead atoms. The number of benzene rings is 2. The van der Waals surface area contributed by atoms with Crippen LogP contribution in [-0.2, 0) is 21.4 Å². The number of carbonyl (C=O) groups is 1. The molecule has 2 aromatic rings. The van der Waals surface area contributed by atoms with Crippen LogP contribution in [0, 0.1) is 6.92 Å². The molecule has 29 heavy (non-hydrogen) atoms. The van der Waals surface area contributed by atoms with E-state index in [4.69, 9.17) is 4.74 Å². The Bertz CT molecular complexity index is 898. The molecular formula is C22H30N2O4S. The number of nitrogens with one attached hydrogen (secondary N) is 1. The largest absolute Gasteiger partial charge is 0.496 e. The molecular weight excluding hydrogens is 388 g/mol. The fourth-order valence-corrected chi connectivity index (χ4v) is 4.46. The number of methoxy groups -OCH3 is 1. The van der Waals surface area contributed by atoms with E-state index in [-0.39, 0.29) is 23.9 Å². The highest BCUT2D eigenvalue weighted by atomic mass is 32.2. The second kappa shape index (κ2) is 11.0. The number of ether oxygens (including phenoxy) is 1. The van der Waals surface area contributed by atoms with E-state index in [9.17, 15) is 13.2 Å². The summed E-state index contributed by atoms with van der Waals surface area (Å²) in [6.07, 6.45) is 2.96. The number of rotatable bonds is 11. The predicted octanol–water partition coefficient (Wildman–Crippen LogP) is 3.50. The first-order valence-corrected chi connectivity index (χ1v) is 11.3. The van der Waals surface area contributed by atoms with Crippen molar-refractivity contribution in [3.63, 3.8) is 0 Å². The van der Waals surface area contributed by atoms with Crippen LogP contribution in [-0.4, -0.2) is 38.8 Å². The minimum atomic E-state index is -3.86. The van der Waals surface area contributed by atoms with E-state index in [1.165, 1.54) is 10.4 Å². The quantitative estimate of drug-likeness (QED) is 0.567. The summed E-state index contributed by atoms with van der Waals surface area (Å²) in [6.45, 7) is 4.32. The molecule has 0 atom stereocenters. The summed E-state index contributed by atoms with van der Waals surface area (Å²) in [5, 5.41) is 2.82. The zero-order chi connectivity index (χ0) is 21.3. The lowest BCUT2D eigenvalue weighted by molar-refractivity contribution is -0.121. The topological polar surface area (TPSA) is 75.7 Å². The molecule has 2 rings (SSSR count). The molecule has 158 valence electrons. The molecule has 0 heterocycles. The molecule has 0 radical (unpaired) electrons. The first-order chi connectivity index (χ1) is 13.9. The SMILES string of the molecule is CCCCCNC(=O)CN(Cc1ccccc1)S(=O)(=O)c1ccc(OC)c(C)c1. The number of aryl methyl sites for hydroxylation is 1. The van der Waals surface area contributed by atoms with Crippen molar-refractivity contribution in [2.24, 2.45) is 0 Å². The van der Waals surface area contributed by atoms with E-state index in [0.29, 0.717) is 12.3 Å². The molecule has 0 saturated carbocycles. The summed E-state index contributed by atoms with van der Waals surface area (Å²) in [4.78, 5) is 12.6. The molecule has 0 aromatic heterocycles. The Kier molecular flexibility index (Phi) is 8.67. The molecule has 0 aliphatic carbocycles. The Morgan fingerprint density at radius 3 is 2.45 bits per heavy atom. The van der Waals surface area contributed by atoms with E-state index in [1.54, 1.807) is 26.2 Å². The summed E-state index contributed by atoms with van der Waals surface area (Å²) in [5.74, 6) is 0.318. The predicted molar refractivity (Wildman–Crippen MR) is 114 cm³/mol. The van der Waals surface area contributed by atoms with Crippen LogP contribution in [0.25, 0.3) is 0 Å². The molecule has 0 fully saturated rings. The Morgan fingerprint density at radius 2 is 1.83 bits per heavy atom. The molecule has 2 aromatic carbocycles. The fourth-order valence-electron chi connectivity index (χ4n) is 2.99. The molecule has 0 aliphatic heterocycles. The lowest BCUT2D eigenvalue weighted by atomic mass is 10.2. The number of unbranched alkanes of at least 4 members (excludes halogenated alkanes) is 2. The highest BCUT2D eigenvalue weighted by molar-refractivity contribution is 7.89. The Morgan fingerprint density at radius 1 is 1.10 bits per heavy atom. The third-order valence-corrected chi connectivity index (χ3v) is 6.42. The molecule has 0 unspecified atom stereocenters. The maximum atomic E-state index is 13.3. The highest BCUT2D eigenvalue weighted by Gasteiger charge is 2.27. The van der Waals surface area contributed by atoms with Crippen LogP contribution in [0.15, 0.2) is 53.4 Å². The summed E-state index contributed by atoms with van der Waals surface area (Å²) in [6, 6.07) is 14.0. The van der Waals surface area contributed by atoms with Gasteiger partial charge in [0, 0.05) is 13.1 Å². The smallest absolute Gasteiger partial charge is 0.243 e. The van der Waals surface area contributed by atoms with Gasteiger partial charge in [0.2, 0.25) is 15.9 Å². The Labute approximate surface area is 173 Å². The van der Waals surface area contributed by atoms with Crippen LogP contribution in [0.5, 0.6) is 5.75 Å². The van der Waals surface area contributed by atoms with Gasteiger partial charge in [-0.25, -0.2) is 8.42 Å². The Balaban J connectivity index is 2.25. The number of carbonyl (C=O) groups excluding carboxylic acids is 1. The highest BCUT2D eigenvalue weighted by Crippen LogP contribution is 2.24. The van der Waals surface area contributed by atoms with Crippen LogP contribution in [0.4, 0.5) is 0 Å². The van der Waals surface area contributed by atoms with Crippen LogP contribution < -0.4 is 10.1 Å². The number of sulfonamides is 1. The summed E-state index contributed by atoms with van der Waals surface area (Å²) < 4.78 is 33.1. The van der Waals surface area contributed by atoms with Crippen molar-refractivity contribution in [2.75, 3.05) is 20.2 Å². The molecule has 7 heteroatoms. The summed E-state index contributed by atoms with van der Waals surface area (Å²) in [5.41, 5.74) is 1.54. The summed E-state index contributed by atoms with van der Waals surface area (Å²) in [7, 11) is -2.32. The number of amides is 1. The van der Waals surface area contributed by atoms with Gasteiger partial charge in [0.05, 0.1) is 18.6 Å². The zero-order valence-electron chi connectivity index (χ0n) is 17.3. The number of hydrogen-bond donors (Lipinski definition) is 1. The van der Waals surface area contributed by atoms with Crippen molar-refractivity contribution in [3.8, 4) is 5.75 Å². The molecule has 1 N–H and O–H groups in total. The monoisotopic (exact) mass is 418 g/mol. The van der Waals surface area contributed by atoms with Gasteiger partial charge in [-0.2, -0.15) is 4.31 Å². The van der Waals surface area contributed by atoms with Crippen molar-refractivity contribution in [3.05, 3.63) is 59.7 Å². The van der Waals surface area contributed by atoms with Gasteiger partial charge in [-0.3, -0.25) is 4.79 Å². The van der Waals surface area contributed by atoms with Gasteiger partial charge in [-0.1, -0.05) is 50.1 Å². The molecule has 1 amide bonds. The first-order valence-electron chi connectivity index (χ1n) is 9.84. The van der Waals surface area contributed by atoms with Crippen molar-refractivity contribution >= 4 is 15.9 Å². The fraction of sp³-hybridized carbons (Fsp3) is 0.409. The molecule has 6 nitrogen and oxygen atoms in total. The lowest BCUT2D eigenvalue weighted by Crippen LogP contribution is -2.40. The van der Waals surface area contributed by atoms with Crippen LogP contribution in [0.1, 0.15) is 37.3 Å². The molecule has 0 spiro atoms. The van der Waals surface area contributed by atoms with Crippen LogP contribution >= 0.6 is 0 Å². The van der Waals surface area contributed by atoms with E-state index in [0.717, 1.165) is 30.4 Å². The first kappa shape index (κ1) is 22.9. The van der Waals surface area contributed by atoms with Gasteiger partial charge >= 0.3 is 0 Å². The second-order valence-corrected chi connectivity index (χ2v) is 8.89. The third-order valence-electron chi connectivity index (χ3n) is 4.63. The zero-order valence-corrected chi connectivity index (χ0v) is 18.2. The van der Waals surface area contributed by atoms with E-state index in [1.807, 2.05) is 30.3 Å². The van der Waals surface area contributed by atoms with E-state index in [2.05, 4.69) is 12.2 Å². The van der Waals surface area contributed by atoms with Crippen molar-refractivity contribution in [1.82, 2.24) is 9.62 Å². The minimum Gasteiger partial charge on any atom is -0.496 e. The van der Waals surface area contributed by atoms with Gasteiger partial charge in [0.25, 0.3) is 0 Å². The number of hydrogen-bond acceptors (Lipinski definition) is 4. The second-order valence-electron chi connectivity index (χ2n) is 6.95. The van der Waals surface area contributed by atoms with Crippen molar-refractivity contribution < 1.29 is 17.9 Å². The standard InChI is InChI=1S/C22H30N2O4S/c1-4-5-9-14-23-22(25)17-24(16-19-10-7-6-8-11-19)29(26,27)20-12-13-21(28-3)18(2)15-20/h6-8,10-13,15H,4-5,9,14,16-17H2,1-3H3,(H,23,25). The molecule has 0 aliphatic rings. The van der Waals surface area contributed by atoms with E-state index >= 15 is 0 Å². The summed E-state index contributed by atoms with van der Waals surface area (Å²) >= 11 is 0. The van der Waals surface area contributed by atoms with Crippen molar-refractivity contribution in [1.29, 1.82) is 0 Å². The average Bonchev–Trinajstić information content (AvgIpc) is 2.71. The maximum absolute atomic E-state index is 13.3. The lowest BCUT2D eigenvalue weighted by Gasteiger charge is -2.22. The minimum absolute atomic E-state index is 0.122. The van der Waals surface area contributed by atoms with E-state index < -0.39 is 10.0 Å². The average molecular weight is 419 g/mol. The van der Waals surface area contributed by atoms with Gasteiger partial charge in [0.1, 0.15) is 5.75 Å². The van der Waals surface area contributed by atoms with Crippen molar-refractivity contribution in [2.45, 2.75) is 44.6 Å². The van der Waals surface area contributed by atoms with Crippen LogP contribution in [0.2, 0.25) is 0 Å². The van der Waals surface area contributed by atoms with Gasteiger partial charge < -0.3 is 10.1 Å².